The van der Waals surface area contributed by atoms with E-state index in [1.807, 2.05) is 12.1 Å². The fourth-order valence-corrected chi connectivity index (χ4v) is 6.41. The maximum atomic E-state index is 6.11. The van der Waals surface area contributed by atoms with E-state index in [1.54, 1.807) is 0 Å². The minimum Gasteiger partial charge on any atom is -0.456 e. The van der Waals surface area contributed by atoms with Gasteiger partial charge >= 0.3 is 0 Å². The molecule has 0 atom stereocenters. The van der Waals surface area contributed by atoms with Crippen molar-refractivity contribution >= 4 is 59.7 Å². The van der Waals surface area contributed by atoms with Gasteiger partial charge in [-0.2, -0.15) is 0 Å². The predicted molar refractivity (Wildman–Crippen MR) is 167 cm³/mol. The second-order valence-electron chi connectivity index (χ2n) is 9.93. The van der Waals surface area contributed by atoms with Crippen LogP contribution in [-0.2, 0) is 0 Å². The molecule has 0 radical (unpaired) electrons. The highest BCUT2D eigenvalue weighted by atomic mass is 79.9. The largest absolute Gasteiger partial charge is 0.456 e. The quantitative estimate of drug-likeness (QED) is 0.209. The molecule has 0 fully saturated rings. The smallest absolute Gasteiger partial charge is 0.136 e. The molecule has 8 rings (SSSR count). The normalized spacial score (nSPS) is 11.7. The summed E-state index contributed by atoms with van der Waals surface area (Å²) in [4.78, 5) is 0. The number of halogens is 1. The van der Waals surface area contributed by atoms with Crippen LogP contribution in [0.15, 0.2) is 142 Å². The molecule has 184 valence electrons. The molecule has 2 aromatic heterocycles. The van der Waals surface area contributed by atoms with Crippen molar-refractivity contribution in [3.63, 3.8) is 0 Å². The SMILES string of the molecule is Brc1cccc2oc3ccc(-c4ccc5c(c4)c4ccccc4n5-c4cccc(-c5ccccc5)c4)cc3c12. The zero-order chi connectivity index (χ0) is 25.9. The average molecular weight is 564 g/mol. The van der Waals surface area contributed by atoms with E-state index in [-0.39, 0.29) is 0 Å². The van der Waals surface area contributed by atoms with Crippen LogP contribution < -0.4 is 0 Å². The molecule has 2 nitrogen and oxygen atoms in total. The second-order valence-corrected chi connectivity index (χ2v) is 10.8. The van der Waals surface area contributed by atoms with Crippen LogP contribution in [-0.4, -0.2) is 4.57 Å². The number of benzene rings is 6. The molecule has 39 heavy (non-hydrogen) atoms. The summed E-state index contributed by atoms with van der Waals surface area (Å²) < 4.78 is 9.54. The zero-order valence-electron chi connectivity index (χ0n) is 20.9. The molecule has 2 heterocycles. The lowest BCUT2D eigenvalue weighted by molar-refractivity contribution is 0.669. The van der Waals surface area contributed by atoms with E-state index >= 15 is 0 Å². The van der Waals surface area contributed by atoms with Crippen molar-refractivity contribution in [3.05, 3.63) is 138 Å². The molecule has 0 bridgehead atoms. The molecular formula is C36H22BrNO. The minimum atomic E-state index is 0.896. The van der Waals surface area contributed by atoms with Crippen LogP contribution in [0.5, 0.6) is 0 Å². The lowest BCUT2D eigenvalue weighted by Gasteiger charge is -2.11. The molecule has 0 aliphatic carbocycles. The van der Waals surface area contributed by atoms with Gasteiger partial charge in [0.1, 0.15) is 11.2 Å². The van der Waals surface area contributed by atoms with Crippen LogP contribution in [0.2, 0.25) is 0 Å². The van der Waals surface area contributed by atoms with Gasteiger partial charge < -0.3 is 8.98 Å². The fourth-order valence-electron chi connectivity index (χ4n) is 5.85. The van der Waals surface area contributed by atoms with Gasteiger partial charge in [0.15, 0.2) is 0 Å². The molecule has 8 aromatic rings. The predicted octanol–water partition coefficient (Wildman–Crippen LogP) is 10.8. The molecule has 0 aliphatic heterocycles. The summed E-state index contributed by atoms with van der Waals surface area (Å²) in [6, 6.07) is 47.5. The first-order valence-electron chi connectivity index (χ1n) is 13.0. The number of fused-ring (bicyclic) bond motifs is 6. The Balaban J connectivity index is 1.33. The molecule has 0 saturated carbocycles. The van der Waals surface area contributed by atoms with Gasteiger partial charge in [0, 0.05) is 31.7 Å². The third-order valence-corrected chi connectivity index (χ3v) is 8.32. The maximum absolute atomic E-state index is 6.11. The summed E-state index contributed by atoms with van der Waals surface area (Å²) >= 11 is 3.72. The van der Waals surface area contributed by atoms with Crippen LogP contribution in [0.25, 0.3) is 71.7 Å². The van der Waals surface area contributed by atoms with Gasteiger partial charge in [-0.1, -0.05) is 94.8 Å². The Kier molecular flexibility index (Phi) is 5.01. The Bertz CT molecular complexity index is 2190. The molecule has 6 aromatic carbocycles. The number of rotatable bonds is 3. The highest BCUT2D eigenvalue weighted by Crippen LogP contribution is 2.39. The highest BCUT2D eigenvalue weighted by Gasteiger charge is 2.15. The van der Waals surface area contributed by atoms with E-state index in [9.17, 15) is 0 Å². The van der Waals surface area contributed by atoms with Crippen LogP contribution >= 0.6 is 15.9 Å². The molecule has 0 N–H and O–H groups in total. The summed E-state index contributed by atoms with van der Waals surface area (Å²) in [5, 5.41) is 4.73. The molecule has 0 aliphatic rings. The molecule has 0 spiro atoms. The van der Waals surface area contributed by atoms with Crippen molar-refractivity contribution in [2.24, 2.45) is 0 Å². The van der Waals surface area contributed by atoms with E-state index in [4.69, 9.17) is 4.42 Å². The van der Waals surface area contributed by atoms with Gasteiger partial charge in [0.05, 0.1) is 11.0 Å². The summed E-state index contributed by atoms with van der Waals surface area (Å²) in [5.41, 5.74) is 10.1. The van der Waals surface area contributed by atoms with Gasteiger partial charge in [-0.05, 0) is 76.9 Å². The van der Waals surface area contributed by atoms with Crippen LogP contribution in [0.1, 0.15) is 0 Å². The first-order chi connectivity index (χ1) is 19.2. The third-order valence-electron chi connectivity index (χ3n) is 7.66. The van der Waals surface area contributed by atoms with Crippen molar-refractivity contribution in [2.75, 3.05) is 0 Å². The molecular weight excluding hydrogens is 542 g/mol. The number of hydrogen-bond acceptors (Lipinski definition) is 1. The van der Waals surface area contributed by atoms with Crippen molar-refractivity contribution in [1.82, 2.24) is 4.57 Å². The van der Waals surface area contributed by atoms with Gasteiger partial charge in [-0.15, -0.1) is 0 Å². The van der Waals surface area contributed by atoms with Gasteiger partial charge in [0.25, 0.3) is 0 Å². The molecule has 0 amide bonds. The van der Waals surface area contributed by atoms with Crippen LogP contribution in [0.4, 0.5) is 0 Å². The number of para-hydroxylation sites is 1. The summed E-state index contributed by atoms with van der Waals surface area (Å²) in [6.07, 6.45) is 0. The molecule has 0 saturated heterocycles. The second kappa shape index (κ2) is 8.72. The van der Waals surface area contributed by atoms with Crippen molar-refractivity contribution in [1.29, 1.82) is 0 Å². The maximum Gasteiger partial charge on any atom is 0.136 e. The Morgan fingerprint density at radius 1 is 0.462 bits per heavy atom. The van der Waals surface area contributed by atoms with Crippen molar-refractivity contribution in [3.8, 4) is 27.9 Å². The summed E-state index contributed by atoms with van der Waals surface area (Å²) in [6.45, 7) is 0. The van der Waals surface area contributed by atoms with Gasteiger partial charge in [-0.3, -0.25) is 0 Å². The average Bonchev–Trinajstić information content (AvgIpc) is 3.53. The Morgan fingerprint density at radius 2 is 1.15 bits per heavy atom. The van der Waals surface area contributed by atoms with Crippen molar-refractivity contribution in [2.45, 2.75) is 0 Å². The Morgan fingerprint density at radius 3 is 2.05 bits per heavy atom. The van der Waals surface area contributed by atoms with E-state index in [2.05, 4.69) is 142 Å². The highest BCUT2D eigenvalue weighted by molar-refractivity contribution is 9.10. The van der Waals surface area contributed by atoms with Gasteiger partial charge in [0.2, 0.25) is 0 Å². The Labute approximate surface area is 233 Å². The van der Waals surface area contributed by atoms with Crippen molar-refractivity contribution < 1.29 is 4.42 Å². The number of nitrogens with zero attached hydrogens (tertiary/aromatic N) is 1. The molecule has 0 unspecified atom stereocenters. The standard InChI is InChI=1S/C36H22BrNO/c37-31-13-7-15-35-36(31)30-22-26(17-19-34(30)39-35)25-16-18-33-29(21-25)28-12-4-5-14-32(28)38(33)27-11-6-10-24(20-27)23-8-2-1-3-9-23/h1-22H. The Hall–Kier alpha value is -4.60. The van der Waals surface area contributed by atoms with E-state index in [0.717, 1.165) is 32.1 Å². The van der Waals surface area contributed by atoms with E-state index in [1.165, 1.54) is 44.1 Å². The monoisotopic (exact) mass is 563 g/mol. The van der Waals surface area contributed by atoms with Crippen LogP contribution in [0.3, 0.4) is 0 Å². The van der Waals surface area contributed by atoms with E-state index < -0.39 is 0 Å². The van der Waals surface area contributed by atoms with Gasteiger partial charge in [-0.25, -0.2) is 0 Å². The topological polar surface area (TPSA) is 18.1 Å². The summed E-state index contributed by atoms with van der Waals surface area (Å²) in [5.74, 6) is 0. The number of aromatic nitrogens is 1. The van der Waals surface area contributed by atoms with E-state index in [0.29, 0.717) is 0 Å². The lowest BCUT2D eigenvalue weighted by Crippen LogP contribution is -1.94. The molecule has 3 heteroatoms. The zero-order valence-corrected chi connectivity index (χ0v) is 22.5. The number of furan rings is 1. The minimum absolute atomic E-state index is 0.896. The third kappa shape index (κ3) is 3.54. The lowest BCUT2D eigenvalue weighted by atomic mass is 10.0. The fraction of sp³-hybridized carbons (Fsp3) is 0. The van der Waals surface area contributed by atoms with Crippen LogP contribution in [0, 0.1) is 0 Å². The summed E-state index contributed by atoms with van der Waals surface area (Å²) in [7, 11) is 0. The first-order valence-corrected chi connectivity index (χ1v) is 13.8. The number of hydrogen-bond donors (Lipinski definition) is 0. The first kappa shape index (κ1) is 22.4.